The molecule has 0 bridgehead atoms. The molecule has 104 valence electrons. The van der Waals surface area contributed by atoms with Crippen molar-refractivity contribution in [3.05, 3.63) is 0 Å². The minimum absolute atomic E-state index is 0.226. The number of piperidine rings is 2. The Balaban J connectivity index is 1.76. The van der Waals surface area contributed by atoms with Crippen LogP contribution in [0.4, 0.5) is 0 Å². The summed E-state index contributed by atoms with van der Waals surface area (Å²) in [6.07, 6.45) is 4.76. The highest BCUT2D eigenvalue weighted by Gasteiger charge is 2.29. The lowest BCUT2D eigenvalue weighted by Crippen LogP contribution is -2.49. The van der Waals surface area contributed by atoms with Crippen molar-refractivity contribution in [3.8, 4) is 0 Å². The van der Waals surface area contributed by atoms with Crippen molar-refractivity contribution >= 4 is 5.91 Å². The number of amides is 1. The third-order valence-electron chi connectivity index (χ3n) is 4.74. The van der Waals surface area contributed by atoms with E-state index in [2.05, 4.69) is 11.8 Å². The molecule has 1 atom stereocenters. The third-order valence-corrected chi connectivity index (χ3v) is 4.74. The maximum Gasteiger partial charge on any atom is 0.219 e. The fourth-order valence-corrected chi connectivity index (χ4v) is 3.36. The van der Waals surface area contributed by atoms with E-state index in [-0.39, 0.29) is 5.91 Å². The van der Waals surface area contributed by atoms with Gasteiger partial charge in [0.25, 0.3) is 0 Å². The average molecular weight is 253 g/mol. The summed E-state index contributed by atoms with van der Waals surface area (Å²) in [5, 5.41) is 0. The van der Waals surface area contributed by atoms with Crippen molar-refractivity contribution in [3.63, 3.8) is 0 Å². The average Bonchev–Trinajstić information content (AvgIpc) is 2.39. The monoisotopic (exact) mass is 253 g/mol. The number of nitrogens with two attached hydrogens (primary N) is 1. The SMILES string of the molecule is CC(=O)N1CCC(N2CCC(C(C)N)CC2)CC1. The summed E-state index contributed by atoms with van der Waals surface area (Å²) in [5.41, 5.74) is 5.98. The Bertz CT molecular complexity index is 277. The molecule has 0 radical (unpaired) electrons. The number of nitrogens with zero attached hydrogens (tertiary/aromatic N) is 2. The molecule has 0 aromatic rings. The summed E-state index contributed by atoms with van der Waals surface area (Å²) in [6.45, 7) is 8.06. The van der Waals surface area contributed by atoms with Crippen LogP contribution in [0.3, 0.4) is 0 Å². The zero-order valence-electron chi connectivity index (χ0n) is 11.8. The lowest BCUT2D eigenvalue weighted by molar-refractivity contribution is -0.130. The molecule has 0 aliphatic carbocycles. The highest BCUT2D eigenvalue weighted by molar-refractivity contribution is 5.73. The fraction of sp³-hybridized carbons (Fsp3) is 0.929. The lowest BCUT2D eigenvalue weighted by Gasteiger charge is -2.42. The molecule has 2 rings (SSSR count). The van der Waals surface area contributed by atoms with Gasteiger partial charge in [0.1, 0.15) is 0 Å². The van der Waals surface area contributed by atoms with Crippen LogP contribution in [0.1, 0.15) is 39.5 Å². The van der Waals surface area contributed by atoms with Crippen LogP contribution >= 0.6 is 0 Å². The molecule has 0 aromatic heterocycles. The molecule has 2 aliphatic rings. The molecule has 2 saturated heterocycles. The van der Waals surface area contributed by atoms with E-state index in [1.165, 1.54) is 25.9 Å². The zero-order chi connectivity index (χ0) is 13.1. The van der Waals surface area contributed by atoms with Crippen molar-refractivity contribution in [1.82, 2.24) is 9.80 Å². The standard InChI is InChI=1S/C14H27N3O/c1-11(15)13-3-7-17(8-4-13)14-5-9-16(10-6-14)12(2)18/h11,13-14H,3-10,15H2,1-2H3. The van der Waals surface area contributed by atoms with Crippen LogP contribution in [0, 0.1) is 5.92 Å². The van der Waals surface area contributed by atoms with Crippen LogP contribution in [-0.4, -0.2) is 54.0 Å². The van der Waals surface area contributed by atoms with E-state index in [1.54, 1.807) is 6.92 Å². The van der Waals surface area contributed by atoms with E-state index in [4.69, 9.17) is 5.73 Å². The first-order valence-corrected chi connectivity index (χ1v) is 7.33. The second kappa shape index (κ2) is 6.02. The smallest absolute Gasteiger partial charge is 0.219 e. The van der Waals surface area contributed by atoms with Gasteiger partial charge in [-0.2, -0.15) is 0 Å². The van der Waals surface area contributed by atoms with Crippen molar-refractivity contribution in [2.75, 3.05) is 26.2 Å². The van der Waals surface area contributed by atoms with Gasteiger partial charge in [0.2, 0.25) is 5.91 Å². The number of carbonyl (C=O) groups excluding carboxylic acids is 1. The van der Waals surface area contributed by atoms with Crippen molar-refractivity contribution in [1.29, 1.82) is 0 Å². The number of hydrogen-bond donors (Lipinski definition) is 1. The Morgan fingerprint density at radius 3 is 2.11 bits per heavy atom. The summed E-state index contributed by atoms with van der Waals surface area (Å²) < 4.78 is 0. The normalized spacial score (nSPS) is 26.3. The van der Waals surface area contributed by atoms with Gasteiger partial charge in [0, 0.05) is 32.1 Å². The van der Waals surface area contributed by atoms with Crippen molar-refractivity contribution < 1.29 is 4.79 Å². The van der Waals surface area contributed by atoms with Crippen LogP contribution < -0.4 is 5.73 Å². The molecule has 2 aliphatic heterocycles. The number of rotatable bonds is 2. The number of hydrogen-bond acceptors (Lipinski definition) is 3. The van der Waals surface area contributed by atoms with Crippen LogP contribution in [0.2, 0.25) is 0 Å². The zero-order valence-corrected chi connectivity index (χ0v) is 11.8. The first-order chi connectivity index (χ1) is 8.58. The van der Waals surface area contributed by atoms with E-state index in [1.807, 2.05) is 4.90 Å². The molecule has 2 heterocycles. The predicted molar refractivity (Wildman–Crippen MR) is 73.2 cm³/mol. The molecule has 1 unspecified atom stereocenters. The lowest BCUT2D eigenvalue weighted by atomic mass is 9.89. The molecule has 0 aromatic carbocycles. The number of carbonyl (C=O) groups is 1. The largest absolute Gasteiger partial charge is 0.343 e. The molecule has 0 spiro atoms. The molecule has 2 fully saturated rings. The summed E-state index contributed by atoms with van der Waals surface area (Å²) in [4.78, 5) is 15.9. The molecular weight excluding hydrogens is 226 g/mol. The predicted octanol–water partition coefficient (Wildman–Crippen LogP) is 1.06. The van der Waals surface area contributed by atoms with Gasteiger partial charge in [-0.15, -0.1) is 0 Å². The van der Waals surface area contributed by atoms with Crippen LogP contribution in [-0.2, 0) is 4.79 Å². The Morgan fingerprint density at radius 2 is 1.67 bits per heavy atom. The van der Waals surface area contributed by atoms with E-state index >= 15 is 0 Å². The van der Waals surface area contributed by atoms with E-state index in [9.17, 15) is 4.79 Å². The highest BCUT2D eigenvalue weighted by Crippen LogP contribution is 2.25. The first-order valence-electron chi connectivity index (χ1n) is 7.33. The van der Waals surface area contributed by atoms with Gasteiger partial charge in [0.15, 0.2) is 0 Å². The summed E-state index contributed by atoms with van der Waals surface area (Å²) >= 11 is 0. The molecule has 4 nitrogen and oxygen atoms in total. The highest BCUT2D eigenvalue weighted by atomic mass is 16.2. The molecule has 4 heteroatoms. The van der Waals surface area contributed by atoms with Crippen LogP contribution in [0.25, 0.3) is 0 Å². The van der Waals surface area contributed by atoms with Gasteiger partial charge >= 0.3 is 0 Å². The molecule has 1 amide bonds. The van der Waals surface area contributed by atoms with Gasteiger partial charge < -0.3 is 15.5 Å². The quantitative estimate of drug-likeness (QED) is 0.800. The fourth-order valence-electron chi connectivity index (χ4n) is 3.36. The first kappa shape index (κ1) is 13.8. The van der Waals surface area contributed by atoms with Gasteiger partial charge in [-0.3, -0.25) is 4.79 Å². The molecule has 2 N–H and O–H groups in total. The summed E-state index contributed by atoms with van der Waals surface area (Å²) in [6, 6.07) is 1.03. The maximum absolute atomic E-state index is 11.3. The third kappa shape index (κ3) is 3.23. The van der Waals surface area contributed by atoms with E-state index < -0.39 is 0 Å². The Kier molecular flexibility index (Phi) is 4.62. The van der Waals surface area contributed by atoms with Crippen LogP contribution in [0.5, 0.6) is 0 Å². The van der Waals surface area contributed by atoms with Gasteiger partial charge in [0.05, 0.1) is 0 Å². The Morgan fingerprint density at radius 1 is 1.11 bits per heavy atom. The topological polar surface area (TPSA) is 49.6 Å². The van der Waals surface area contributed by atoms with Crippen molar-refractivity contribution in [2.24, 2.45) is 11.7 Å². The minimum atomic E-state index is 0.226. The Labute approximate surface area is 110 Å². The van der Waals surface area contributed by atoms with E-state index in [0.717, 1.165) is 25.9 Å². The van der Waals surface area contributed by atoms with Gasteiger partial charge in [-0.25, -0.2) is 0 Å². The van der Waals surface area contributed by atoms with Crippen LogP contribution in [0.15, 0.2) is 0 Å². The van der Waals surface area contributed by atoms with Gasteiger partial charge in [-0.1, -0.05) is 0 Å². The number of likely N-dealkylation sites (tertiary alicyclic amines) is 2. The molecule has 18 heavy (non-hydrogen) atoms. The molecule has 0 saturated carbocycles. The maximum atomic E-state index is 11.3. The summed E-state index contributed by atoms with van der Waals surface area (Å²) in [7, 11) is 0. The minimum Gasteiger partial charge on any atom is -0.343 e. The van der Waals surface area contributed by atoms with E-state index in [0.29, 0.717) is 18.0 Å². The second-order valence-corrected chi connectivity index (χ2v) is 5.97. The van der Waals surface area contributed by atoms with Gasteiger partial charge in [-0.05, 0) is 51.6 Å². The van der Waals surface area contributed by atoms with Crippen molar-refractivity contribution in [2.45, 2.75) is 51.6 Å². The summed E-state index contributed by atoms with van der Waals surface area (Å²) in [5.74, 6) is 0.933. The second-order valence-electron chi connectivity index (χ2n) is 5.97. The Hall–Kier alpha value is -0.610. The molecular formula is C14H27N3O.